The fraction of sp³-hybridized carbons (Fsp3) is 0.278. The predicted octanol–water partition coefficient (Wildman–Crippen LogP) is 2.88. The summed E-state index contributed by atoms with van der Waals surface area (Å²) in [4.78, 5) is 12.3. The minimum atomic E-state index is -0.756. The number of nitrogens with one attached hydrogen (secondary N) is 1. The Kier molecular flexibility index (Phi) is 4.95. The van der Waals surface area contributed by atoms with Gasteiger partial charge in [0, 0.05) is 30.5 Å². The quantitative estimate of drug-likeness (QED) is 0.715. The fourth-order valence-corrected chi connectivity index (χ4v) is 2.48. The highest BCUT2D eigenvalue weighted by Gasteiger charge is 2.17. The molecule has 0 spiro atoms. The van der Waals surface area contributed by atoms with E-state index in [-0.39, 0.29) is 11.9 Å². The Morgan fingerprint density at radius 2 is 2.00 bits per heavy atom. The van der Waals surface area contributed by atoms with Gasteiger partial charge in [0.25, 0.3) is 5.91 Å². The first-order valence-electron chi connectivity index (χ1n) is 7.96. The number of aliphatic hydroxyl groups is 1. The van der Waals surface area contributed by atoms with E-state index in [4.69, 9.17) is 8.83 Å². The van der Waals surface area contributed by atoms with Gasteiger partial charge in [-0.25, -0.2) is 0 Å². The molecule has 0 radical (unpaired) electrons. The molecule has 0 aliphatic carbocycles. The molecule has 1 amide bonds. The van der Waals surface area contributed by atoms with Gasteiger partial charge < -0.3 is 19.3 Å². The summed E-state index contributed by atoms with van der Waals surface area (Å²) in [5.74, 6) is 1.17. The van der Waals surface area contributed by atoms with Crippen molar-refractivity contribution in [1.29, 1.82) is 0 Å². The molecule has 2 heterocycles. The molecule has 0 saturated carbocycles. The number of rotatable bonds is 6. The fourth-order valence-electron chi connectivity index (χ4n) is 2.48. The van der Waals surface area contributed by atoms with Crippen LogP contribution in [-0.2, 0) is 0 Å². The van der Waals surface area contributed by atoms with Gasteiger partial charge in [-0.15, -0.1) is 10.2 Å². The van der Waals surface area contributed by atoms with E-state index in [2.05, 4.69) is 15.5 Å². The van der Waals surface area contributed by atoms with Crippen molar-refractivity contribution in [3.63, 3.8) is 0 Å². The molecule has 130 valence electrons. The molecule has 2 unspecified atom stereocenters. The molecule has 7 nitrogen and oxygen atoms in total. The van der Waals surface area contributed by atoms with Crippen LogP contribution in [0.2, 0.25) is 0 Å². The number of hydrogen-bond donors (Lipinski definition) is 2. The number of aryl methyl sites for hydroxylation is 1. The van der Waals surface area contributed by atoms with E-state index in [0.717, 1.165) is 5.56 Å². The molecular formula is C18H19N3O4. The van der Waals surface area contributed by atoms with E-state index >= 15 is 0 Å². The Hall–Kier alpha value is -2.93. The van der Waals surface area contributed by atoms with Crippen LogP contribution in [0, 0.1) is 6.92 Å². The van der Waals surface area contributed by atoms with Crippen LogP contribution in [0.1, 0.15) is 41.5 Å². The first kappa shape index (κ1) is 16.9. The van der Waals surface area contributed by atoms with Crippen LogP contribution in [-0.4, -0.2) is 27.3 Å². The van der Waals surface area contributed by atoms with E-state index in [0.29, 0.717) is 29.5 Å². The summed E-state index contributed by atoms with van der Waals surface area (Å²) < 4.78 is 10.5. The zero-order chi connectivity index (χ0) is 17.8. The van der Waals surface area contributed by atoms with E-state index in [1.165, 1.54) is 6.26 Å². The van der Waals surface area contributed by atoms with E-state index in [1.54, 1.807) is 43.3 Å². The second kappa shape index (κ2) is 7.31. The lowest BCUT2D eigenvalue weighted by atomic mass is 10.1. The number of hydrogen-bond acceptors (Lipinski definition) is 6. The summed E-state index contributed by atoms with van der Waals surface area (Å²) in [6.45, 7) is 3.55. The Labute approximate surface area is 144 Å². The second-order valence-electron chi connectivity index (χ2n) is 5.85. The van der Waals surface area contributed by atoms with Crippen molar-refractivity contribution >= 4 is 5.91 Å². The molecule has 2 aromatic heterocycles. The molecule has 25 heavy (non-hydrogen) atoms. The molecule has 0 aliphatic heterocycles. The Balaban J connectivity index is 1.59. The zero-order valence-corrected chi connectivity index (χ0v) is 14.0. The molecule has 0 fully saturated rings. The normalized spacial score (nSPS) is 13.4. The second-order valence-corrected chi connectivity index (χ2v) is 5.85. The summed E-state index contributed by atoms with van der Waals surface area (Å²) in [5.41, 5.74) is 1.26. The molecule has 0 aliphatic rings. The van der Waals surface area contributed by atoms with Crippen molar-refractivity contribution < 1.29 is 18.7 Å². The van der Waals surface area contributed by atoms with Crippen LogP contribution >= 0.6 is 0 Å². The van der Waals surface area contributed by atoms with Gasteiger partial charge in [-0.3, -0.25) is 4.79 Å². The summed E-state index contributed by atoms with van der Waals surface area (Å²) in [6.07, 6.45) is 1.11. The van der Waals surface area contributed by atoms with Crippen LogP contribution in [0.15, 0.2) is 51.5 Å². The lowest BCUT2D eigenvalue weighted by Crippen LogP contribution is -2.33. The van der Waals surface area contributed by atoms with Crippen molar-refractivity contribution in [3.8, 4) is 11.5 Å². The largest absolute Gasteiger partial charge is 0.467 e. The topological polar surface area (TPSA) is 101 Å². The van der Waals surface area contributed by atoms with Crippen LogP contribution in [0.3, 0.4) is 0 Å². The number of benzene rings is 1. The van der Waals surface area contributed by atoms with Gasteiger partial charge in [0.1, 0.15) is 11.9 Å². The first-order chi connectivity index (χ1) is 12.0. The maximum absolute atomic E-state index is 12.3. The average molecular weight is 341 g/mol. The number of amides is 1. The van der Waals surface area contributed by atoms with Crippen molar-refractivity contribution in [2.24, 2.45) is 0 Å². The molecule has 3 rings (SSSR count). The third kappa shape index (κ3) is 4.13. The van der Waals surface area contributed by atoms with Crippen LogP contribution < -0.4 is 5.32 Å². The van der Waals surface area contributed by atoms with Crippen LogP contribution in [0.4, 0.5) is 0 Å². The lowest BCUT2D eigenvalue weighted by Gasteiger charge is -2.16. The molecule has 1 aromatic carbocycles. The Morgan fingerprint density at radius 1 is 1.24 bits per heavy atom. The molecular weight excluding hydrogens is 322 g/mol. The van der Waals surface area contributed by atoms with Crippen LogP contribution in [0.25, 0.3) is 11.5 Å². The zero-order valence-electron chi connectivity index (χ0n) is 14.0. The van der Waals surface area contributed by atoms with Crippen molar-refractivity contribution in [2.45, 2.75) is 32.4 Å². The molecule has 3 aromatic rings. The van der Waals surface area contributed by atoms with E-state index < -0.39 is 6.10 Å². The maximum Gasteiger partial charge on any atom is 0.251 e. The third-order valence-corrected chi connectivity index (χ3v) is 3.75. The lowest BCUT2D eigenvalue weighted by molar-refractivity contribution is 0.0903. The average Bonchev–Trinajstić information content (AvgIpc) is 3.26. The van der Waals surface area contributed by atoms with Crippen LogP contribution in [0.5, 0.6) is 0 Å². The summed E-state index contributed by atoms with van der Waals surface area (Å²) in [6, 6.07) is 10.1. The number of carbonyl (C=O) groups is 1. The molecule has 7 heteroatoms. The van der Waals surface area contributed by atoms with Crippen molar-refractivity contribution in [1.82, 2.24) is 15.5 Å². The molecule has 2 atom stereocenters. The van der Waals surface area contributed by atoms with E-state index in [1.807, 2.05) is 6.92 Å². The van der Waals surface area contributed by atoms with E-state index in [9.17, 15) is 9.90 Å². The Morgan fingerprint density at radius 3 is 2.60 bits per heavy atom. The van der Waals surface area contributed by atoms with Crippen molar-refractivity contribution in [2.75, 3.05) is 0 Å². The summed E-state index contributed by atoms with van der Waals surface area (Å²) in [7, 11) is 0. The number of aliphatic hydroxyl groups excluding tert-OH is 1. The number of nitrogens with zero attached hydrogens (tertiary/aromatic N) is 2. The van der Waals surface area contributed by atoms with Gasteiger partial charge in [-0.05, 0) is 43.3 Å². The minimum Gasteiger partial charge on any atom is -0.467 e. The van der Waals surface area contributed by atoms with Gasteiger partial charge in [0.2, 0.25) is 11.8 Å². The van der Waals surface area contributed by atoms with Gasteiger partial charge in [0.15, 0.2) is 0 Å². The number of carbonyl (C=O) groups excluding carboxylic acids is 1. The van der Waals surface area contributed by atoms with Gasteiger partial charge in [-0.2, -0.15) is 0 Å². The third-order valence-electron chi connectivity index (χ3n) is 3.75. The smallest absolute Gasteiger partial charge is 0.251 e. The van der Waals surface area contributed by atoms with Gasteiger partial charge in [-0.1, -0.05) is 0 Å². The minimum absolute atomic E-state index is 0.215. The highest BCUT2D eigenvalue weighted by molar-refractivity contribution is 5.94. The predicted molar refractivity (Wildman–Crippen MR) is 89.7 cm³/mol. The highest BCUT2D eigenvalue weighted by atomic mass is 16.4. The first-order valence-corrected chi connectivity index (χ1v) is 7.96. The summed E-state index contributed by atoms with van der Waals surface area (Å²) >= 11 is 0. The number of furan rings is 1. The molecule has 0 bridgehead atoms. The molecule has 0 saturated heterocycles. The maximum atomic E-state index is 12.3. The van der Waals surface area contributed by atoms with Crippen molar-refractivity contribution in [3.05, 3.63) is 59.9 Å². The standard InChI is InChI=1S/C18H19N3O4/c1-11(10-15(22)16-4-3-9-24-16)19-17(23)13-5-7-14(8-6-13)18-21-20-12(2)25-18/h3-9,11,15,22H,10H2,1-2H3,(H,19,23). The highest BCUT2D eigenvalue weighted by Crippen LogP contribution is 2.20. The van der Waals surface area contributed by atoms with Gasteiger partial charge in [0.05, 0.1) is 6.26 Å². The summed E-state index contributed by atoms with van der Waals surface area (Å²) in [5, 5.41) is 20.6. The molecule has 2 N–H and O–H groups in total. The number of aromatic nitrogens is 2. The SMILES string of the molecule is Cc1nnc(-c2ccc(C(=O)NC(C)CC(O)c3ccco3)cc2)o1. The van der Waals surface area contributed by atoms with Gasteiger partial charge >= 0.3 is 0 Å². The Bertz CT molecular complexity index is 824. The monoisotopic (exact) mass is 341 g/mol.